The number of allylic oxidation sites excluding steroid dienone is 4. The second-order valence-corrected chi connectivity index (χ2v) is 18.7. The Bertz CT molecular complexity index is 1290. The van der Waals surface area contributed by atoms with E-state index in [1.54, 1.807) is 0 Å². The van der Waals surface area contributed by atoms with Gasteiger partial charge in [-0.25, -0.2) is 9.13 Å². The van der Waals surface area contributed by atoms with Crippen LogP contribution in [-0.4, -0.2) is 103 Å². The molecule has 0 heterocycles. The smallest absolute Gasteiger partial charge is 0.462 e. The van der Waals surface area contributed by atoms with Crippen LogP contribution < -0.4 is 0 Å². The van der Waals surface area contributed by atoms with Gasteiger partial charge < -0.3 is 44.6 Å². The van der Waals surface area contributed by atoms with Gasteiger partial charge in [0.2, 0.25) is 0 Å². The van der Waals surface area contributed by atoms with Crippen LogP contribution in [0, 0.1) is 0 Å². The summed E-state index contributed by atoms with van der Waals surface area (Å²) >= 11 is 0. The van der Waals surface area contributed by atoms with Crippen molar-refractivity contribution in [1.82, 2.24) is 0 Å². The van der Waals surface area contributed by atoms with Crippen LogP contribution in [0.5, 0.6) is 0 Å². The molecule has 358 valence electrons. The van der Waals surface area contributed by atoms with Gasteiger partial charge >= 0.3 is 27.6 Å². The fraction of sp³-hybridized carbons (Fsp3) is 0.860. The zero-order chi connectivity index (χ0) is 45.4. The van der Waals surface area contributed by atoms with Gasteiger partial charge in [-0.3, -0.25) is 23.2 Å². The Morgan fingerprint density at radius 3 is 1.34 bits per heavy atom. The summed E-state index contributed by atoms with van der Waals surface area (Å²) < 4.78 is 49.3. The SMILES string of the molecule is CCCCCCC=CCCCCCCCCCC(=O)OCC(COP(=O)(O)OC1C(O)C(O)C(O)C(OP(=O)(O)O)C1O)OC(=O)CCCCCCCC=CCCCCCC. The third-order valence-corrected chi connectivity index (χ3v) is 12.0. The number of hydrogen-bond acceptors (Lipinski definition) is 13. The highest BCUT2D eigenvalue weighted by molar-refractivity contribution is 7.47. The zero-order valence-corrected chi connectivity index (χ0v) is 38.6. The van der Waals surface area contributed by atoms with Gasteiger partial charge in [-0.05, 0) is 64.2 Å². The molecule has 1 fully saturated rings. The Balaban J connectivity index is 2.62. The third-order valence-electron chi connectivity index (χ3n) is 10.5. The number of unbranched alkanes of at least 4 members (excludes halogenated alkanes) is 20. The zero-order valence-electron chi connectivity index (χ0n) is 36.8. The number of hydrogen-bond donors (Lipinski definition) is 7. The number of aliphatic hydroxyl groups excluding tert-OH is 4. The number of carbonyl (C=O) groups excluding carboxylic acids is 2. The van der Waals surface area contributed by atoms with Crippen molar-refractivity contribution >= 4 is 27.6 Å². The minimum absolute atomic E-state index is 0.0346. The molecule has 1 aliphatic rings. The van der Waals surface area contributed by atoms with E-state index in [-0.39, 0.29) is 12.8 Å². The molecule has 0 amide bonds. The summed E-state index contributed by atoms with van der Waals surface area (Å²) in [7, 11) is -10.7. The van der Waals surface area contributed by atoms with E-state index < -0.39 is 83.5 Å². The van der Waals surface area contributed by atoms with Gasteiger partial charge in [-0.2, -0.15) is 0 Å². The van der Waals surface area contributed by atoms with Crippen LogP contribution in [0.15, 0.2) is 24.3 Å². The molecule has 8 atom stereocenters. The molecule has 0 aromatic heterocycles. The Morgan fingerprint density at radius 2 is 0.902 bits per heavy atom. The first-order valence-electron chi connectivity index (χ1n) is 22.9. The number of ether oxygens (including phenoxy) is 2. The van der Waals surface area contributed by atoms with Crippen molar-refractivity contribution in [3.05, 3.63) is 24.3 Å². The summed E-state index contributed by atoms with van der Waals surface area (Å²) in [4.78, 5) is 54.2. The van der Waals surface area contributed by atoms with Crippen molar-refractivity contribution < 1.29 is 76.9 Å². The molecule has 0 bridgehead atoms. The lowest BCUT2D eigenvalue weighted by Crippen LogP contribution is -2.64. The predicted molar refractivity (Wildman–Crippen MR) is 232 cm³/mol. The molecule has 0 radical (unpaired) electrons. The minimum Gasteiger partial charge on any atom is -0.462 e. The van der Waals surface area contributed by atoms with Gasteiger partial charge in [0.1, 0.15) is 43.2 Å². The van der Waals surface area contributed by atoms with Crippen LogP contribution in [0.1, 0.15) is 181 Å². The van der Waals surface area contributed by atoms with Crippen LogP contribution in [0.4, 0.5) is 0 Å². The maximum Gasteiger partial charge on any atom is 0.472 e. The fourth-order valence-corrected chi connectivity index (χ4v) is 8.44. The van der Waals surface area contributed by atoms with E-state index in [0.717, 1.165) is 89.9 Å². The van der Waals surface area contributed by atoms with E-state index in [4.69, 9.17) is 28.3 Å². The lowest BCUT2D eigenvalue weighted by Gasteiger charge is -2.43. The molecule has 0 aromatic rings. The average molecular weight is 915 g/mol. The molecule has 7 N–H and O–H groups in total. The van der Waals surface area contributed by atoms with Gasteiger partial charge in [-0.1, -0.05) is 128 Å². The first-order valence-corrected chi connectivity index (χ1v) is 25.9. The van der Waals surface area contributed by atoms with Crippen LogP contribution >= 0.6 is 15.6 Å². The maximum absolute atomic E-state index is 13.0. The number of aliphatic hydroxyl groups is 4. The molecule has 61 heavy (non-hydrogen) atoms. The van der Waals surface area contributed by atoms with Gasteiger partial charge in [0.15, 0.2) is 6.10 Å². The standard InChI is InChI=1S/C43H80O16P2/c1-3-5-7-9-11-13-15-17-18-20-21-23-25-27-29-31-36(44)55-33-35(57-37(45)32-30-28-26-24-22-19-16-14-12-10-8-6-4-2)34-56-61(53,54)59-43-40(48)38(46)39(47)42(41(43)49)58-60(50,51)52/h13-16,35,38-43,46-49H,3-12,17-34H2,1-2H3,(H,53,54)(H2,50,51,52). The summed E-state index contributed by atoms with van der Waals surface area (Å²) in [6.45, 7) is 3.06. The highest BCUT2D eigenvalue weighted by Crippen LogP contribution is 2.49. The second kappa shape index (κ2) is 34.8. The van der Waals surface area contributed by atoms with Gasteiger partial charge in [0, 0.05) is 12.8 Å². The Hall–Kier alpha value is -1.52. The van der Waals surface area contributed by atoms with Gasteiger partial charge in [0.05, 0.1) is 6.61 Å². The van der Waals surface area contributed by atoms with E-state index >= 15 is 0 Å². The van der Waals surface area contributed by atoms with E-state index in [1.165, 1.54) is 51.4 Å². The van der Waals surface area contributed by atoms with Crippen LogP contribution in [0.25, 0.3) is 0 Å². The Morgan fingerprint density at radius 1 is 0.508 bits per heavy atom. The maximum atomic E-state index is 13.0. The topological polar surface area (TPSA) is 256 Å². The minimum atomic E-state index is -5.36. The van der Waals surface area contributed by atoms with Crippen molar-refractivity contribution in [1.29, 1.82) is 0 Å². The molecule has 1 rings (SSSR count). The van der Waals surface area contributed by atoms with Crippen LogP contribution in [0.2, 0.25) is 0 Å². The molecule has 0 aromatic carbocycles. The fourth-order valence-electron chi connectivity index (χ4n) is 6.90. The summed E-state index contributed by atoms with van der Waals surface area (Å²) in [5.74, 6) is -1.22. The Kier molecular flexibility index (Phi) is 32.8. The molecule has 1 saturated carbocycles. The number of rotatable bonds is 38. The highest BCUT2D eigenvalue weighted by Gasteiger charge is 2.54. The lowest BCUT2D eigenvalue weighted by molar-refractivity contribution is -0.216. The van der Waals surface area contributed by atoms with Crippen molar-refractivity contribution in [2.45, 2.75) is 224 Å². The molecular weight excluding hydrogens is 834 g/mol. The quantitative estimate of drug-likeness (QED) is 0.0133. The van der Waals surface area contributed by atoms with E-state index in [0.29, 0.717) is 12.8 Å². The molecule has 8 unspecified atom stereocenters. The molecule has 1 aliphatic carbocycles. The summed E-state index contributed by atoms with van der Waals surface area (Å²) in [6.07, 6.45) is 20.0. The van der Waals surface area contributed by atoms with Crippen molar-refractivity contribution in [2.24, 2.45) is 0 Å². The Labute approximate surface area is 364 Å². The predicted octanol–water partition coefficient (Wildman–Crippen LogP) is 8.17. The van der Waals surface area contributed by atoms with Crippen molar-refractivity contribution in [2.75, 3.05) is 13.2 Å². The summed E-state index contributed by atoms with van der Waals surface area (Å²) in [5, 5.41) is 41.2. The number of carbonyl (C=O) groups is 2. The van der Waals surface area contributed by atoms with Gasteiger partial charge in [-0.15, -0.1) is 0 Å². The van der Waals surface area contributed by atoms with Crippen molar-refractivity contribution in [3.63, 3.8) is 0 Å². The molecule has 0 saturated heterocycles. The molecular formula is C43H80O16P2. The molecule has 16 nitrogen and oxygen atoms in total. The monoisotopic (exact) mass is 914 g/mol. The van der Waals surface area contributed by atoms with Crippen LogP contribution in [0.3, 0.4) is 0 Å². The molecule has 0 spiro atoms. The van der Waals surface area contributed by atoms with Gasteiger partial charge in [0.25, 0.3) is 0 Å². The summed E-state index contributed by atoms with van der Waals surface area (Å²) in [5.41, 5.74) is 0. The van der Waals surface area contributed by atoms with Crippen LogP contribution in [-0.2, 0) is 41.8 Å². The third kappa shape index (κ3) is 29.5. The number of phosphoric ester groups is 2. The summed E-state index contributed by atoms with van der Waals surface area (Å²) in [6, 6.07) is 0. The average Bonchev–Trinajstić information content (AvgIpc) is 3.21. The highest BCUT2D eigenvalue weighted by atomic mass is 31.2. The normalized spacial score (nSPS) is 22.4. The lowest BCUT2D eigenvalue weighted by atomic mass is 9.85. The van der Waals surface area contributed by atoms with E-state index in [9.17, 15) is 44.0 Å². The first-order chi connectivity index (χ1) is 29.1. The molecule has 18 heteroatoms. The number of esters is 2. The van der Waals surface area contributed by atoms with E-state index in [2.05, 4.69) is 42.7 Å². The first kappa shape index (κ1) is 57.5. The second-order valence-electron chi connectivity index (χ2n) is 16.1. The molecule has 0 aliphatic heterocycles. The van der Waals surface area contributed by atoms with Crippen molar-refractivity contribution in [3.8, 4) is 0 Å². The largest absolute Gasteiger partial charge is 0.472 e. The number of phosphoric acid groups is 2. The van der Waals surface area contributed by atoms with E-state index in [1.807, 2.05) is 0 Å².